The van der Waals surface area contributed by atoms with Gasteiger partial charge in [0, 0.05) is 0 Å². The van der Waals surface area contributed by atoms with Gasteiger partial charge >= 0.3 is 5.97 Å². The Labute approximate surface area is 83.2 Å². The highest BCUT2D eigenvalue weighted by molar-refractivity contribution is 5.80. The summed E-state index contributed by atoms with van der Waals surface area (Å²) in [6.45, 7) is 0.938. The molecule has 78 valence electrons. The van der Waals surface area contributed by atoms with Gasteiger partial charge in [-0.1, -0.05) is 0 Å². The summed E-state index contributed by atoms with van der Waals surface area (Å²) < 4.78 is 5.20. The van der Waals surface area contributed by atoms with Crippen molar-refractivity contribution in [2.24, 2.45) is 0 Å². The molecule has 1 aliphatic heterocycles. The fourth-order valence-electron chi connectivity index (χ4n) is 1.84. The molecule has 1 heterocycles. The van der Waals surface area contributed by atoms with E-state index >= 15 is 0 Å². The Hall–Kier alpha value is -0.900. The number of esters is 1. The van der Waals surface area contributed by atoms with Gasteiger partial charge < -0.3 is 4.74 Å². The third-order valence-corrected chi connectivity index (χ3v) is 3.05. The first kappa shape index (κ1) is 9.65. The van der Waals surface area contributed by atoms with Crippen LogP contribution in [0.4, 0.5) is 0 Å². The van der Waals surface area contributed by atoms with Crippen LogP contribution in [0.3, 0.4) is 0 Å². The lowest BCUT2D eigenvalue weighted by molar-refractivity contribution is -0.158. The number of carbonyl (C=O) groups is 2. The SMILES string of the molecule is CN1CCCC1C(=O)OC1(C=O)CC1. The van der Waals surface area contributed by atoms with E-state index in [4.69, 9.17) is 4.74 Å². The molecule has 1 saturated heterocycles. The van der Waals surface area contributed by atoms with Gasteiger partial charge in [0.15, 0.2) is 11.9 Å². The quantitative estimate of drug-likeness (QED) is 0.484. The Morgan fingerprint density at radius 1 is 1.57 bits per heavy atom. The molecule has 2 rings (SSSR count). The summed E-state index contributed by atoms with van der Waals surface area (Å²) in [5, 5.41) is 0. The monoisotopic (exact) mass is 197 g/mol. The van der Waals surface area contributed by atoms with E-state index in [0.29, 0.717) is 12.8 Å². The summed E-state index contributed by atoms with van der Waals surface area (Å²) in [5.41, 5.74) is -0.749. The van der Waals surface area contributed by atoms with E-state index in [2.05, 4.69) is 0 Å². The summed E-state index contributed by atoms with van der Waals surface area (Å²) in [5.74, 6) is -0.227. The fourth-order valence-corrected chi connectivity index (χ4v) is 1.84. The second-order valence-corrected chi connectivity index (χ2v) is 4.24. The maximum absolute atomic E-state index is 11.6. The molecule has 0 amide bonds. The average molecular weight is 197 g/mol. The maximum Gasteiger partial charge on any atom is 0.324 e. The first-order valence-electron chi connectivity index (χ1n) is 5.06. The molecule has 2 aliphatic rings. The second kappa shape index (κ2) is 3.35. The van der Waals surface area contributed by atoms with Crippen LogP contribution in [-0.2, 0) is 14.3 Å². The first-order chi connectivity index (χ1) is 6.67. The van der Waals surface area contributed by atoms with Crippen LogP contribution in [0.15, 0.2) is 0 Å². The van der Waals surface area contributed by atoms with Gasteiger partial charge in [-0.05, 0) is 39.3 Å². The van der Waals surface area contributed by atoms with E-state index in [1.807, 2.05) is 11.9 Å². The Kier molecular flexibility index (Phi) is 2.31. The van der Waals surface area contributed by atoms with Crippen molar-refractivity contribution >= 4 is 12.3 Å². The van der Waals surface area contributed by atoms with Crippen LogP contribution in [0, 0.1) is 0 Å². The van der Waals surface area contributed by atoms with Crippen LogP contribution < -0.4 is 0 Å². The van der Waals surface area contributed by atoms with Gasteiger partial charge in [-0.3, -0.25) is 14.5 Å². The third kappa shape index (κ3) is 1.66. The van der Waals surface area contributed by atoms with Gasteiger partial charge in [0.05, 0.1) is 0 Å². The predicted molar refractivity (Wildman–Crippen MR) is 49.8 cm³/mol. The van der Waals surface area contributed by atoms with Crippen molar-refractivity contribution in [3.05, 3.63) is 0 Å². The van der Waals surface area contributed by atoms with E-state index in [1.165, 1.54) is 0 Å². The van der Waals surface area contributed by atoms with Crippen molar-refractivity contribution in [2.75, 3.05) is 13.6 Å². The number of carbonyl (C=O) groups excluding carboxylic acids is 2. The van der Waals surface area contributed by atoms with Crippen LogP contribution in [-0.4, -0.2) is 42.4 Å². The summed E-state index contributed by atoms with van der Waals surface area (Å²) in [6.07, 6.45) is 4.03. The molecular formula is C10H15NO3. The third-order valence-electron chi connectivity index (χ3n) is 3.05. The summed E-state index contributed by atoms with van der Waals surface area (Å²) in [7, 11) is 1.92. The molecule has 1 aliphatic carbocycles. The molecule has 1 unspecified atom stereocenters. The Morgan fingerprint density at radius 2 is 2.29 bits per heavy atom. The number of hydrogen-bond acceptors (Lipinski definition) is 4. The molecule has 0 aromatic carbocycles. The highest BCUT2D eigenvalue weighted by Gasteiger charge is 2.48. The summed E-state index contributed by atoms with van der Waals surface area (Å²) in [4.78, 5) is 24.3. The van der Waals surface area contributed by atoms with E-state index in [9.17, 15) is 9.59 Å². The number of aldehydes is 1. The van der Waals surface area contributed by atoms with Gasteiger partial charge in [0.25, 0.3) is 0 Å². The van der Waals surface area contributed by atoms with Gasteiger partial charge in [-0.15, -0.1) is 0 Å². The number of nitrogens with zero attached hydrogens (tertiary/aromatic N) is 1. The number of likely N-dealkylation sites (tertiary alicyclic amines) is 1. The zero-order valence-electron chi connectivity index (χ0n) is 8.36. The highest BCUT2D eigenvalue weighted by Crippen LogP contribution is 2.38. The van der Waals surface area contributed by atoms with Crippen molar-refractivity contribution in [3.8, 4) is 0 Å². The Balaban J connectivity index is 1.92. The molecule has 0 aromatic rings. The molecule has 14 heavy (non-hydrogen) atoms. The van der Waals surface area contributed by atoms with Crippen molar-refractivity contribution in [1.82, 2.24) is 4.90 Å². The van der Waals surface area contributed by atoms with Crippen LogP contribution in [0.25, 0.3) is 0 Å². The fraction of sp³-hybridized carbons (Fsp3) is 0.800. The van der Waals surface area contributed by atoms with E-state index < -0.39 is 5.60 Å². The van der Waals surface area contributed by atoms with Gasteiger partial charge in [0.1, 0.15) is 6.04 Å². The minimum Gasteiger partial charge on any atom is -0.450 e. The minimum atomic E-state index is -0.749. The lowest BCUT2D eigenvalue weighted by Gasteiger charge is -2.19. The molecule has 0 N–H and O–H groups in total. The predicted octanol–water partition coefficient (Wildman–Crippen LogP) is 0.355. The Morgan fingerprint density at radius 3 is 2.71 bits per heavy atom. The van der Waals surface area contributed by atoms with Crippen molar-refractivity contribution in [3.63, 3.8) is 0 Å². The van der Waals surface area contributed by atoms with Crippen molar-refractivity contribution in [1.29, 1.82) is 0 Å². The van der Waals surface area contributed by atoms with Crippen LogP contribution >= 0.6 is 0 Å². The molecule has 0 radical (unpaired) electrons. The largest absolute Gasteiger partial charge is 0.450 e. The average Bonchev–Trinajstić information content (AvgIpc) is 2.80. The minimum absolute atomic E-state index is 0.132. The number of likely N-dealkylation sites (N-methyl/N-ethyl adjacent to an activating group) is 1. The summed E-state index contributed by atoms with van der Waals surface area (Å²) in [6, 6.07) is -0.132. The molecule has 4 heteroatoms. The molecule has 1 atom stereocenters. The second-order valence-electron chi connectivity index (χ2n) is 4.24. The van der Waals surface area contributed by atoms with Gasteiger partial charge in [-0.2, -0.15) is 0 Å². The van der Waals surface area contributed by atoms with Crippen LogP contribution in [0.2, 0.25) is 0 Å². The van der Waals surface area contributed by atoms with Crippen molar-refractivity contribution < 1.29 is 14.3 Å². The highest BCUT2D eigenvalue weighted by atomic mass is 16.6. The van der Waals surface area contributed by atoms with E-state index in [-0.39, 0.29) is 12.0 Å². The zero-order valence-corrected chi connectivity index (χ0v) is 8.36. The van der Waals surface area contributed by atoms with Gasteiger partial charge in [-0.25, -0.2) is 0 Å². The van der Waals surface area contributed by atoms with Crippen LogP contribution in [0.1, 0.15) is 25.7 Å². The molecular weight excluding hydrogens is 182 g/mol. The lowest BCUT2D eigenvalue weighted by atomic mass is 10.2. The van der Waals surface area contributed by atoms with E-state index in [0.717, 1.165) is 25.7 Å². The lowest BCUT2D eigenvalue weighted by Crippen LogP contribution is -2.37. The molecule has 4 nitrogen and oxygen atoms in total. The number of hydrogen-bond donors (Lipinski definition) is 0. The normalized spacial score (nSPS) is 29.9. The molecule has 1 saturated carbocycles. The van der Waals surface area contributed by atoms with Gasteiger partial charge in [0.2, 0.25) is 0 Å². The number of ether oxygens (including phenoxy) is 1. The van der Waals surface area contributed by atoms with Crippen LogP contribution in [0.5, 0.6) is 0 Å². The zero-order chi connectivity index (χ0) is 10.2. The molecule has 2 fully saturated rings. The smallest absolute Gasteiger partial charge is 0.324 e. The molecule has 0 aromatic heterocycles. The first-order valence-corrected chi connectivity index (χ1v) is 5.06. The number of rotatable bonds is 3. The Bertz CT molecular complexity index is 260. The topological polar surface area (TPSA) is 46.6 Å². The summed E-state index contributed by atoms with van der Waals surface area (Å²) >= 11 is 0. The molecule has 0 spiro atoms. The van der Waals surface area contributed by atoms with Crippen molar-refractivity contribution in [2.45, 2.75) is 37.3 Å². The standard InChI is InChI=1S/C10H15NO3/c1-11-6-2-3-8(11)9(13)14-10(7-12)4-5-10/h7-8H,2-6H2,1H3. The van der Waals surface area contributed by atoms with E-state index in [1.54, 1.807) is 0 Å². The maximum atomic E-state index is 11.6. The molecule has 0 bridgehead atoms.